The second kappa shape index (κ2) is 3.72. The van der Waals surface area contributed by atoms with Crippen molar-refractivity contribution in [3.63, 3.8) is 0 Å². The first kappa shape index (κ1) is 9.26. The number of rotatable bonds is 3. The van der Waals surface area contributed by atoms with Crippen LogP contribution in [0, 0.1) is 0 Å². The SMILES string of the molecule is CC(N)Cc1ccnn1C(C)C. The van der Waals surface area contributed by atoms with Crippen molar-refractivity contribution in [1.29, 1.82) is 0 Å². The molecule has 1 aromatic heterocycles. The summed E-state index contributed by atoms with van der Waals surface area (Å²) in [5, 5.41) is 4.23. The van der Waals surface area contributed by atoms with Crippen molar-refractivity contribution < 1.29 is 0 Å². The van der Waals surface area contributed by atoms with Gasteiger partial charge in [-0.15, -0.1) is 0 Å². The van der Waals surface area contributed by atoms with Gasteiger partial charge < -0.3 is 5.73 Å². The summed E-state index contributed by atoms with van der Waals surface area (Å²) < 4.78 is 2.02. The van der Waals surface area contributed by atoms with E-state index in [1.165, 1.54) is 5.69 Å². The van der Waals surface area contributed by atoms with E-state index in [1.807, 2.05) is 23.9 Å². The van der Waals surface area contributed by atoms with Crippen LogP contribution in [0.2, 0.25) is 0 Å². The van der Waals surface area contributed by atoms with Crippen LogP contribution >= 0.6 is 0 Å². The summed E-state index contributed by atoms with van der Waals surface area (Å²) in [6, 6.07) is 2.66. The van der Waals surface area contributed by atoms with Crippen LogP contribution in [0.3, 0.4) is 0 Å². The zero-order chi connectivity index (χ0) is 9.14. The highest BCUT2D eigenvalue weighted by Gasteiger charge is 2.06. The first-order valence-electron chi connectivity index (χ1n) is 4.39. The van der Waals surface area contributed by atoms with Gasteiger partial charge >= 0.3 is 0 Å². The average molecular weight is 167 g/mol. The van der Waals surface area contributed by atoms with Gasteiger partial charge in [0.2, 0.25) is 0 Å². The predicted molar refractivity (Wildman–Crippen MR) is 50.0 cm³/mol. The maximum atomic E-state index is 5.71. The molecule has 3 heteroatoms. The van der Waals surface area contributed by atoms with Crippen LogP contribution in [0.15, 0.2) is 12.3 Å². The Bertz CT molecular complexity index is 238. The van der Waals surface area contributed by atoms with Crippen molar-refractivity contribution in [2.24, 2.45) is 5.73 Å². The molecule has 0 bridgehead atoms. The average Bonchev–Trinajstić information content (AvgIpc) is 2.33. The fraction of sp³-hybridized carbons (Fsp3) is 0.667. The highest BCUT2D eigenvalue weighted by atomic mass is 15.3. The van der Waals surface area contributed by atoms with Gasteiger partial charge in [0.05, 0.1) is 0 Å². The fourth-order valence-corrected chi connectivity index (χ4v) is 1.30. The van der Waals surface area contributed by atoms with E-state index in [0.717, 1.165) is 6.42 Å². The van der Waals surface area contributed by atoms with Crippen molar-refractivity contribution in [1.82, 2.24) is 9.78 Å². The number of nitrogens with zero attached hydrogens (tertiary/aromatic N) is 2. The minimum absolute atomic E-state index is 0.208. The molecule has 0 amide bonds. The normalized spacial score (nSPS) is 13.8. The molecule has 1 heterocycles. The third-order valence-corrected chi connectivity index (χ3v) is 1.77. The Balaban J connectivity index is 2.77. The van der Waals surface area contributed by atoms with Crippen LogP contribution in [-0.4, -0.2) is 15.8 Å². The van der Waals surface area contributed by atoms with Crippen molar-refractivity contribution in [3.05, 3.63) is 18.0 Å². The molecule has 0 saturated heterocycles. The van der Waals surface area contributed by atoms with Gasteiger partial charge in [-0.05, 0) is 26.8 Å². The van der Waals surface area contributed by atoms with Crippen LogP contribution in [0.25, 0.3) is 0 Å². The Morgan fingerprint density at radius 1 is 1.50 bits per heavy atom. The first-order chi connectivity index (χ1) is 5.61. The van der Waals surface area contributed by atoms with E-state index in [1.54, 1.807) is 0 Å². The molecule has 2 N–H and O–H groups in total. The first-order valence-corrected chi connectivity index (χ1v) is 4.39. The summed E-state index contributed by atoms with van der Waals surface area (Å²) >= 11 is 0. The lowest BCUT2D eigenvalue weighted by molar-refractivity contribution is 0.500. The third kappa shape index (κ3) is 2.08. The highest BCUT2D eigenvalue weighted by Crippen LogP contribution is 2.09. The Labute approximate surface area is 73.6 Å². The summed E-state index contributed by atoms with van der Waals surface area (Å²) in [4.78, 5) is 0. The zero-order valence-corrected chi connectivity index (χ0v) is 7.99. The zero-order valence-electron chi connectivity index (χ0n) is 7.99. The summed E-state index contributed by atoms with van der Waals surface area (Å²) in [6.45, 7) is 6.26. The third-order valence-electron chi connectivity index (χ3n) is 1.77. The van der Waals surface area contributed by atoms with E-state index >= 15 is 0 Å². The molecular weight excluding hydrogens is 150 g/mol. The Kier molecular flexibility index (Phi) is 2.87. The van der Waals surface area contributed by atoms with Crippen LogP contribution in [0.4, 0.5) is 0 Å². The molecule has 0 aliphatic carbocycles. The fourth-order valence-electron chi connectivity index (χ4n) is 1.30. The predicted octanol–water partition coefficient (Wildman–Crippen LogP) is 1.35. The monoisotopic (exact) mass is 167 g/mol. The molecule has 1 unspecified atom stereocenters. The van der Waals surface area contributed by atoms with Crippen LogP contribution in [-0.2, 0) is 6.42 Å². The molecule has 3 nitrogen and oxygen atoms in total. The number of aromatic nitrogens is 2. The molecule has 0 aliphatic rings. The molecule has 1 aromatic rings. The number of hydrogen-bond acceptors (Lipinski definition) is 2. The Morgan fingerprint density at radius 3 is 2.67 bits per heavy atom. The molecule has 1 atom stereocenters. The Morgan fingerprint density at radius 2 is 2.17 bits per heavy atom. The maximum Gasteiger partial charge on any atom is 0.0492 e. The van der Waals surface area contributed by atoms with Gasteiger partial charge in [0.1, 0.15) is 0 Å². The lowest BCUT2D eigenvalue weighted by atomic mass is 10.2. The second-order valence-electron chi connectivity index (χ2n) is 3.54. The summed E-state index contributed by atoms with van der Waals surface area (Å²) in [7, 11) is 0. The van der Waals surface area contributed by atoms with E-state index in [9.17, 15) is 0 Å². The maximum absolute atomic E-state index is 5.71. The Hall–Kier alpha value is -0.830. The molecule has 0 fully saturated rings. The van der Waals surface area contributed by atoms with Crippen molar-refractivity contribution in [2.75, 3.05) is 0 Å². The van der Waals surface area contributed by atoms with Gasteiger partial charge in [0.25, 0.3) is 0 Å². The van der Waals surface area contributed by atoms with Crippen LogP contribution in [0.1, 0.15) is 32.5 Å². The van der Waals surface area contributed by atoms with Gasteiger partial charge in [0.15, 0.2) is 0 Å². The molecule has 1 rings (SSSR count). The minimum atomic E-state index is 0.208. The van der Waals surface area contributed by atoms with Crippen molar-refractivity contribution in [2.45, 2.75) is 39.3 Å². The lowest BCUT2D eigenvalue weighted by Crippen LogP contribution is -2.20. The largest absolute Gasteiger partial charge is 0.328 e. The van der Waals surface area contributed by atoms with E-state index < -0.39 is 0 Å². The quantitative estimate of drug-likeness (QED) is 0.738. The summed E-state index contributed by atoms with van der Waals surface area (Å²) in [6.07, 6.45) is 2.73. The van der Waals surface area contributed by atoms with Gasteiger partial charge in [-0.25, -0.2) is 0 Å². The van der Waals surface area contributed by atoms with E-state index in [-0.39, 0.29) is 6.04 Å². The lowest BCUT2D eigenvalue weighted by Gasteiger charge is -2.12. The number of nitrogens with two attached hydrogens (primary N) is 1. The van der Waals surface area contributed by atoms with E-state index in [4.69, 9.17) is 5.73 Å². The van der Waals surface area contributed by atoms with Crippen molar-refractivity contribution in [3.8, 4) is 0 Å². The molecule has 0 aliphatic heterocycles. The molecule has 0 aromatic carbocycles. The molecule has 12 heavy (non-hydrogen) atoms. The second-order valence-corrected chi connectivity index (χ2v) is 3.54. The van der Waals surface area contributed by atoms with Gasteiger partial charge in [-0.1, -0.05) is 0 Å². The smallest absolute Gasteiger partial charge is 0.0492 e. The summed E-state index contributed by atoms with van der Waals surface area (Å²) in [5.74, 6) is 0. The molecule has 68 valence electrons. The molecule has 0 saturated carbocycles. The standard InChI is InChI=1S/C9H17N3/c1-7(2)12-9(4-5-11-12)6-8(3)10/h4-5,7-8H,6,10H2,1-3H3. The molecule has 0 radical (unpaired) electrons. The van der Waals surface area contributed by atoms with Gasteiger partial charge in [-0.3, -0.25) is 4.68 Å². The minimum Gasteiger partial charge on any atom is -0.328 e. The van der Waals surface area contributed by atoms with Gasteiger partial charge in [-0.2, -0.15) is 5.10 Å². The van der Waals surface area contributed by atoms with Gasteiger partial charge in [0, 0.05) is 30.4 Å². The topological polar surface area (TPSA) is 43.8 Å². The molecule has 0 spiro atoms. The highest BCUT2D eigenvalue weighted by molar-refractivity contribution is 5.03. The van der Waals surface area contributed by atoms with E-state index in [2.05, 4.69) is 18.9 Å². The van der Waals surface area contributed by atoms with Crippen LogP contribution in [0.5, 0.6) is 0 Å². The molecular formula is C9H17N3. The summed E-state index contributed by atoms with van der Waals surface area (Å²) in [5.41, 5.74) is 6.93. The van der Waals surface area contributed by atoms with Crippen molar-refractivity contribution >= 4 is 0 Å². The van der Waals surface area contributed by atoms with E-state index in [0.29, 0.717) is 6.04 Å². The number of hydrogen-bond donors (Lipinski definition) is 1. The van der Waals surface area contributed by atoms with Crippen LogP contribution < -0.4 is 5.73 Å².